The summed E-state index contributed by atoms with van der Waals surface area (Å²) in [6.45, 7) is 3.59. The third kappa shape index (κ3) is 6.59. The average Bonchev–Trinajstić information content (AvgIpc) is 2.60. The number of rotatable bonds is 7. The van der Waals surface area contributed by atoms with Gasteiger partial charge in [0.25, 0.3) is 0 Å². The number of hydrogen-bond donors (Lipinski definition) is 1. The maximum Gasteiger partial charge on any atom is 0.411 e. The maximum absolute atomic E-state index is 12.1. The molecule has 0 spiro atoms. The van der Waals surface area contributed by atoms with E-state index in [4.69, 9.17) is 0 Å². The highest BCUT2D eigenvalue weighted by Gasteiger charge is 2.30. The van der Waals surface area contributed by atoms with Crippen LogP contribution in [-0.2, 0) is 9.53 Å². The van der Waals surface area contributed by atoms with Crippen LogP contribution in [0.1, 0.15) is 18.5 Å². The van der Waals surface area contributed by atoms with E-state index in [1.165, 1.54) is 12.5 Å². The molecule has 1 aliphatic rings. The molecule has 1 aromatic rings. The molecule has 0 unspecified atom stereocenters. The van der Waals surface area contributed by atoms with Crippen LogP contribution in [0.2, 0.25) is 0 Å². The molecular weight excluding hydrogens is 347 g/mol. The molecule has 0 aromatic heterocycles. The van der Waals surface area contributed by atoms with Crippen molar-refractivity contribution in [2.45, 2.75) is 25.2 Å². The van der Waals surface area contributed by atoms with Gasteiger partial charge in [-0.15, -0.1) is 0 Å². The molecule has 1 aromatic carbocycles. The Bertz CT molecular complexity index is 569. The summed E-state index contributed by atoms with van der Waals surface area (Å²) < 4.78 is 41.0. The van der Waals surface area contributed by atoms with Gasteiger partial charge in [-0.05, 0) is 19.5 Å². The fraction of sp³-hybridized carbons (Fsp3) is 0.611. The molecule has 2 rings (SSSR count). The van der Waals surface area contributed by atoms with Crippen molar-refractivity contribution in [3.8, 4) is 0 Å². The third-order valence-corrected chi connectivity index (χ3v) is 4.44. The summed E-state index contributed by atoms with van der Waals surface area (Å²) in [7, 11) is 2.08. The lowest BCUT2D eigenvalue weighted by atomic mass is 10.0. The summed E-state index contributed by atoms with van der Waals surface area (Å²) >= 11 is 0. The van der Waals surface area contributed by atoms with E-state index in [1.54, 1.807) is 0 Å². The van der Waals surface area contributed by atoms with Crippen LogP contribution >= 0.6 is 0 Å². The highest BCUT2D eigenvalue weighted by atomic mass is 19.4. The lowest BCUT2D eigenvalue weighted by Crippen LogP contribution is -2.49. The number of halogens is 3. The molecule has 1 fully saturated rings. The van der Waals surface area contributed by atoms with Crippen LogP contribution in [0.25, 0.3) is 0 Å². The third-order valence-electron chi connectivity index (χ3n) is 4.44. The van der Waals surface area contributed by atoms with Crippen LogP contribution < -0.4 is 5.32 Å². The number of nitrogens with zero attached hydrogens (tertiary/aromatic N) is 2. The summed E-state index contributed by atoms with van der Waals surface area (Å²) in [5, 5.41) is 2.66. The molecule has 2 atom stereocenters. The van der Waals surface area contributed by atoms with Gasteiger partial charge in [0, 0.05) is 38.8 Å². The number of nitrogens with one attached hydrogen (secondary N) is 1. The van der Waals surface area contributed by atoms with Crippen LogP contribution in [0.3, 0.4) is 0 Å². The van der Waals surface area contributed by atoms with E-state index in [1.807, 2.05) is 18.2 Å². The van der Waals surface area contributed by atoms with Crippen molar-refractivity contribution in [1.29, 1.82) is 0 Å². The topological polar surface area (TPSA) is 44.8 Å². The molecule has 0 radical (unpaired) electrons. The minimum Gasteiger partial charge on any atom is -0.359 e. The van der Waals surface area contributed by atoms with Crippen LogP contribution in [0, 0.1) is 0 Å². The van der Waals surface area contributed by atoms with E-state index in [-0.39, 0.29) is 6.04 Å². The summed E-state index contributed by atoms with van der Waals surface area (Å²) in [5.74, 6) is -0.528. The molecule has 146 valence electrons. The second-order valence-electron chi connectivity index (χ2n) is 6.58. The van der Waals surface area contributed by atoms with Gasteiger partial charge in [0.2, 0.25) is 5.91 Å². The minimum atomic E-state index is -4.43. The SMILES string of the molecule is C[C@@H](OCC(F)(F)F)C(=O)NCCN1CCN(C)C[C@H]1c1ccccc1. The van der Waals surface area contributed by atoms with E-state index in [9.17, 15) is 18.0 Å². The Morgan fingerprint density at radius 1 is 1.31 bits per heavy atom. The van der Waals surface area contributed by atoms with Crippen molar-refractivity contribution in [2.75, 3.05) is 46.4 Å². The second kappa shape index (κ2) is 9.34. The van der Waals surface area contributed by atoms with Gasteiger partial charge in [-0.1, -0.05) is 30.3 Å². The van der Waals surface area contributed by atoms with Crippen molar-refractivity contribution in [3.05, 3.63) is 35.9 Å². The molecule has 1 saturated heterocycles. The summed E-state index contributed by atoms with van der Waals surface area (Å²) in [4.78, 5) is 16.4. The van der Waals surface area contributed by atoms with E-state index >= 15 is 0 Å². The summed E-state index contributed by atoms with van der Waals surface area (Å²) in [6, 6.07) is 10.4. The summed E-state index contributed by atoms with van der Waals surface area (Å²) in [6.07, 6.45) is -5.56. The Labute approximate surface area is 152 Å². The summed E-state index contributed by atoms with van der Waals surface area (Å²) in [5.41, 5.74) is 1.22. The van der Waals surface area contributed by atoms with Gasteiger partial charge in [0.15, 0.2) is 0 Å². The smallest absolute Gasteiger partial charge is 0.359 e. The Hall–Kier alpha value is -1.64. The molecule has 26 heavy (non-hydrogen) atoms. The van der Waals surface area contributed by atoms with E-state index in [0.717, 1.165) is 19.6 Å². The van der Waals surface area contributed by atoms with Gasteiger partial charge in [0.1, 0.15) is 12.7 Å². The van der Waals surface area contributed by atoms with E-state index < -0.39 is 24.8 Å². The highest BCUT2D eigenvalue weighted by Crippen LogP contribution is 2.24. The van der Waals surface area contributed by atoms with Gasteiger partial charge in [-0.25, -0.2) is 0 Å². The first-order chi connectivity index (χ1) is 12.3. The lowest BCUT2D eigenvalue weighted by molar-refractivity contribution is -0.185. The molecule has 0 aliphatic carbocycles. The lowest BCUT2D eigenvalue weighted by Gasteiger charge is -2.40. The predicted molar refractivity (Wildman–Crippen MR) is 92.7 cm³/mol. The number of ether oxygens (including phenoxy) is 1. The van der Waals surface area contributed by atoms with E-state index in [2.05, 4.69) is 39.0 Å². The second-order valence-corrected chi connectivity index (χ2v) is 6.58. The molecule has 1 amide bonds. The Morgan fingerprint density at radius 3 is 2.65 bits per heavy atom. The Balaban J connectivity index is 1.82. The Kier molecular flexibility index (Phi) is 7.43. The van der Waals surface area contributed by atoms with Gasteiger partial charge >= 0.3 is 6.18 Å². The fourth-order valence-electron chi connectivity index (χ4n) is 2.98. The normalized spacial score (nSPS) is 20.7. The number of alkyl halides is 3. The molecule has 0 bridgehead atoms. The standard InChI is InChI=1S/C18H26F3N3O2/c1-14(26-13-18(19,20)21)17(25)22-8-9-24-11-10-23(2)12-16(24)15-6-4-3-5-7-15/h3-7,14,16H,8-13H2,1-2H3,(H,22,25)/t14-,16+/m1/s1. The number of hydrogen-bond acceptors (Lipinski definition) is 4. The van der Waals surface area contributed by atoms with Crippen molar-refractivity contribution < 1.29 is 22.7 Å². The van der Waals surface area contributed by atoms with Crippen molar-refractivity contribution >= 4 is 5.91 Å². The zero-order valence-corrected chi connectivity index (χ0v) is 15.1. The first-order valence-electron chi connectivity index (χ1n) is 8.70. The minimum absolute atomic E-state index is 0.228. The fourth-order valence-corrected chi connectivity index (χ4v) is 2.98. The number of likely N-dealkylation sites (N-methyl/N-ethyl adjacent to an activating group) is 1. The van der Waals surface area contributed by atoms with Gasteiger partial charge in [-0.3, -0.25) is 9.69 Å². The Morgan fingerprint density at radius 2 is 2.00 bits per heavy atom. The van der Waals surface area contributed by atoms with Crippen molar-refractivity contribution in [1.82, 2.24) is 15.1 Å². The zero-order valence-electron chi connectivity index (χ0n) is 15.1. The molecule has 8 heteroatoms. The zero-order chi connectivity index (χ0) is 19.2. The van der Waals surface area contributed by atoms with Gasteiger partial charge in [0.05, 0.1) is 0 Å². The van der Waals surface area contributed by atoms with Crippen LogP contribution in [0.4, 0.5) is 13.2 Å². The molecular formula is C18H26F3N3O2. The van der Waals surface area contributed by atoms with Crippen LogP contribution in [-0.4, -0.2) is 74.4 Å². The number of benzene rings is 1. The largest absolute Gasteiger partial charge is 0.411 e. The number of carbonyl (C=O) groups is 1. The van der Waals surface area contributed by atoms with Crippen molar-refractivity contribution in [3.63, 3.8) is 0 Å². The molecule has 1 aliphatic heterocycles. The van der Waals surface area contributed by atoms with Crippen molar-refractivity contribution in [2.24, 2.45) is 0 Å². The quantitative estimate of drug-likeness (QED) is 0.795. The maximum atomic E-state index is 12.1. The highest BCUT2D eigenvalue weighted by molar-refractivity contribution is 5.80. The first-order valence-corrected chi connectivity index (χ1v) is 8.70. The molecule has 0 saturated carbocycles. The number of amides is 1. The van der Waals surface area contributed by atoms with Crippen LogP contribution in [0.5, 0.6) is 0 Å². The first kappa shape index (κ1) is 20.7. The number of carbonyl (C=O) groups excluding carboxylic acids is 1. The molecule has 1 heterocycles. The van der Waals surface area contributed by atoms with Crippen LogP contribution in [0.15, 0.2) is 30.3 Å². The van der Waals surface area contributed by atoms with Gasteiger partial charge < -0.3 is 15.0 Å². The monoisotopic (exact) mass is 373 g/mol. The van der Waals surface area contributed by atoms with Gasteiger partial charge in [-0.2, -0.15) is 13.2 Å². The molecule has 1 N–H and O–H groups in total. The molecule has 5 nitrogen and oxygen atoms in total. The average molecular weight is 373 g/mol. The van der Waals surface area contributed by atoms with E-state index in [0.29, 0.717) is 13.1 Å². The predicted octanol–water partition coefficient (Wildman–Crippen LogP) is 2.06. The number of piperazine rings is 1.